The zero-order valence-electron chi connectivity index (χ0n) is 13.1. The predicted octanol–water partition coefficient (Wildman–Crippen LogP) is 2.33. The molecule has 1 aromatic heterocycles. The average molecular weight is 295 g/mol. The molecule has 0 bridgehead atoms. The van der Waals surface area contributed by atoms with E-state index in [0.29, 0.717) is 12.5 Å². The van der Waals surface area contributed by atoms with E-state index in [4.69, 9.17) is 9.47 Å². The number of hydrogen-bond donors (Lipinski definition) is 1. The van der Waals surface area contributed by atoms with Crippen LogP contribution in [0.5, 0.6) is 0 Å². The van der Waals surface area contributed by atoms with Crippen molar-refractivity contribution < 1.29 is 14.3 Å². The van der Waals surface area contributed by atoms with Gasteiger partial charge in [0, 0.05) is 25.3 Å². The second-order valence-corrected chi connectivity index (χ2v) is 6.48. The minimum absolute atomic E-state index is 0.406. The first-order valence-electron chi connectivity index (χ1n) is 7.47. The normalized spacial score (nSPS) is 19.3. The van der Waals surface area contributed by atoms with Gasteiger partial charge in [0.05, 0.1) is 25.2 Å². The summed E-state index contributed by atoms with van der Waals surface area (Å²) in [5.74, 6) is 0.522. The first-order chi connectivity index (χ1) is 9.94. The molecule has 0 spiro atoms. The van der Waals surface area contributed by atoms with E-state index in [1.807, 2.05) is 20.8 Å². The van der Waals surface area contributed by atoms with E-state index in [0.717, 1.165) is 31.9 Å². The monoisotopic (exact) mass is 295 g/mol. The van der Waals surface area contributed by atoms with Gasteiger partial charge >= 0.3 is 6.09 Å². The number of alkyl carbamates (subject to hydrolysis) is 1. The molecule has 1 saturated heterocycles. The molecule has 1 aliphatic heterocycles. The number of aromatic nitrogens is 2. The molecule has 2 heterocycles. The van der Waals surface area contributed by atoms with E-state index < -0.39 is 11.7 Å². The fraction of sp³-hybridized carbons (Fsp3) is 0.733. The van der Waals surface area contributed by atoms with Crippen molar-refractivity contribution in [2.75, 3.05) is 13.2 Å². The van der Waals surface area contributed by atoms with Gasteiger partial charge in [-0.15, -0.1) is 0 Å². The first kappa shape index (κ1) is 15.8. The van der Waals surface area contributed by atoms with E-state index in [1.54, 1.807) is 12.5 Å². The van der Waals surface area contributed by atoms with Crippen LogP contribution in [0, 0.1) is 5.92 Å². The summed E-state index contributed by atoms with van der Waals surface area (Å²) in [6.07, 6.45) is 5.47. The molecular weight excluding hydrogens is 270 g/mol. The summed E-state index contributed by atoms with van der Waals surface area (Å²) in [5.41, 5.74) is 0.496. The average Bonchev–Trinajstić information content (AvgIpc) is 2.83. The minimum atomic E-state index is -0.482. The Bertz CT molecular complexity index is 459. The third-order valence-corrected chi connectivity index (χ3v) is 3.32. The SMILES string of the molecule is CC(C)(C)OC(=O)NCc1cncn1CC1CCCOC1. The Hall–Kier alpha value is -1.56. The van der Waals surface area contributed by atoms with Crippen LogP contribution in [-0.4, -0.2) is 34.5 Å². The molecule has 1 unspecified atom stereocenters. The number of nitrogens with one attached hydrogen (secondary N) is 1. The fourth-order valence-corrected chi connectivity index (χ4v) is 2.37. The van der Waals surface area contributed by atoms with Crippen LogP contribution in [0.3, 0.4) is 0 Å². The Morgan fingerprint density at radius 1 is 1.57 bits per heavy atom. The highest BCUT2D eigenvalue weighted by molar-refractivity contribution is 5.67. The Balaban J connectivity index is 1.84. The molecule has 0 aliphatic carbocycles. The van der Waals surface area contributed by atoms with Crippen LogP contribution in [0.2, 0.25) is 0 Å². The number of imidazole rings is 1. The number of amides is 1. The van der Waals surface area contributed by atoms with Crippen molar-refractivity contribution in [2.45, 2.75) is 52.3 Å². The topological polar surface area (TPSA) is 65.4 Å². The van der Waals surface area contributed by atoms with Crippen molar-refractivity contribution in [3.8, 4) is 0 Å². The van der Waals surface area contributed by atoms with Gasteiger partial charge in [-0.05, 0) is 33.6 Å². The molecule has 1 atom stereocenters. The van der Waals surface area contributed by atoms with Gasteiger partial charge in [0.2, 0.25) is 0 Å². The lowest BCUT2D eigenvalue weighted by Crippen LogP contribution is -2.32. The molecule has 0 radical (unpaired) electrons. The number of rotatable bonds is 4. The first-order valence-corrected chi connectivity index (χ1v) is 7.47. The van der Waals surface area contributed by atoms with E-state index in [2.05, 4.69) is 14.9 Å². The van der Waals surface area contributed by atoms with Crippen molar-refractivity contribution in [1.29, 1.82) is 0 Å². The van der Waals surface area contributed by atoms with Crippen LogP contribution in [0.1, 0.15) is 39.3 Å². The Kier molecular flexibility index (Phi) is 5.22. The summed E-state index contributed by atoms with van der Waals surface area (Å²) < 4.78 is 12.8. The molecular formula is C15H25N3O3. The summed E-state index contributed by atoms with van der Waals surface area (Å²) in [6, 6.07) is 0. The zero-order chi connectivity index (χ0) is 15.3. The highest BCUT2D eigenvalue weighted by Gasteiger charge is 2.18. The maximum atomic E-state index is 11.7. The van der Waals surface area contributed by atoms with E-state index in [-0.39, 0.29) is 0 Å². The van der Waals surface area contributed by atoms with Gasteiger partial charge in [0.25, 0.3) is 0 Å². The maximum absolute atomic E-state index is 11.7. The van der Waals surface area contributed by atoms with Gasteiger partial charge in [-0.1, -0.05) is 0 Å². The van der Waals surface area contributed by atoms with Crippen LogP contribution in [0.25, 0.3) is 0 Å². The van der Waals surface area contributed by atoms with Crippen molar-refractivity contribution in [3.05, 3.63) is 18.2 Å². The van der Waals surface area contributed by atoms with Gasteiger partial charge in [0.1, 0.15) is 5.60 Å². The van der Waals surface area contributed by atoms with Gasteiger partial charge in [-0.25, -0.2) is 9.78 Å². The molecule has 1 amide bonds. The van der Waals surface area contributed by atoms with E-state index in [9.17, 15) is 4.79 Å². The molecule has 6 nitrogen and oxygen atoms in total. The lowest BCUT2D eigenvalue weighted by Gasteiger charge is -2.23. The molecule has 1 aromatic rings. The zero-order valence-corrected chi connectivity index (χ0v) is 13.1. The number of carbonyl (C=O) groups excluding carboxylic acids is 1. The second kappa shape index (κ2) is 6.93. The van der Waals surface area contributed by atoms with Gasteiger partial charge < -0.3 is 19.4 Å². The number of ether oxygens (including phenoxy) is 2. The predicted molar refractivity (Wildman–Crippen MR) is 78.8 cm³/mol. The molecule has 1 fully saturated rings. The second-order valence-electron chi connectivity index (χ2n) is 6.48. The van der Waals surface area contributed by atoms with Gasteiger partial charge in [-0.3, -0.25) is 0 Å². The minimum Gasteiger partial charge on any atom is -0.444 e. The van der Waals surface area contributed by atoms with Gasteiger partial charge in [0.15, 0.2) is 0 Å². The summed E-state index contributed by atoms with van der Waals surface area (Å²) in [5, 5.41) is 2.77. The third-order valence-electron chi connectivity index (χ3n) is 3.32. The molecule has 2 rings (SSSR count). The molecule has 1 aliphatic rings. The summed E-state index contributed by atoms with van der Waals surface area (Å²) in [4.78, 5) is 15.8. The molecule has 21 heavy (non-hydrogen) atoms. The largest absolute Gasteiger partial charge is 0.444 e. The lowest BCUT2D eigenvalue weighted by molar-refractivity contribution is 0.0474. The van der Waals surface area contributed by atoms with Gasteiger partial charge in [-0.2, -0.15) is 0 Å². The van der Waals surface area contributed by atoms with Crippen molar-refractivity contribution in [1.82, 2.24) is 14.9 Å². The van der Waals surface area contributed by atoms with Crippen molar-refractivity contribution in [2.24, 2.45) is 5.92 Å². The van der Waals surface area contributed by atoms with Crippen LogP contribution >= 0.6 is 0 Å². The number of nitrogens with zero attached hydrogens (tertiary/aromatic N) is 2. The lowest BCUT2D eigenvalue weighted by atomic mass is 10.0. The quantitative estimate of drug-likeness (QED) is 0.926. The summed E-state index contributed by atoms with van der Waals surface area (Å²) in [6.45, 7) is 8.51. The van der Waals surface area contributed by atoms with Crippen LogP contribution in [0.15, 0.2) is 12.5 Å². The number of carbonyl (C=O) groups is 1. The molecule has 0 aromatic carbocycles. The molecule has 6 heteroatoms. The molecule has 0 saturated carbocycles. The Morgan fingerprint density at radius 3 is 3.05 bits per heavy atom. The van der Waals surface area contributed by atoms with Crippen LogP contribution < -0.4 is 5.32 Å². The highest BCUT2D eigenvalue weighted by atomic mass is 16.6. The molecule has 1 N–H and O–H groups in total. The summed E-state index contributed by atoms with van der Waals surface area (Å²) >= 11 is 0. The smallest absolute Gasteiger partial charge is 0.407 e. The van der Waals surface area contributed by atoms with Crippen LogP contribution in [-0.2, 0) is 22.6 Å². The summed E-state index contributed by atoms with van der Waals surface area (Å²) in [7, 11) is 0. The van der Waals surface area contributed by atoms with Crippen molar-refractivity contribution in [3.63, 3.8) is 0 Å². The Morgan fingerprint density at radius 2 is 2.38 bits per heavy atom. The highest BCUT2D eigenvalue weighted by Crippen LogP contribution is 2.16. The van der Waals surface area contributed by atoms with Crippen LogP contribution in [0.4, 0.5) is 4.79 Å². The molecule has 118 valence electrons. The standard InChI is InChI=1S/C15H25N3O3/c1-15(2,3)21-14(19)17-8-13-7-16-11-18(13)9-12-5-4-6-20-10-12/h7,11-12H,4-6,8-10H2,1-3H3,(H,17,19). The third kappa shape index (κ3) is 5.38. The van der Waals surface area contributed by atoms with E-state index in [1.165, 1.54) is 6.42 Å². The maximum Gasteiger partial charge on any atom is 0.407 e. The van der Waals surface area contributed by atoms with Crippen molar-refractivity contribution >= 4 is 6.09 Å². The van der Waals surface area contributed by atoms with E-state index >= 15 is 0 Å². The Labute approximate surface area is 125 Å². The number of hydrogen-bond acceptors (Lipinski definition) is 4. The fourth-order valence-electron chi connectivity index (χ4n) is 2.37.